The minimum Gasteiger partial charge on any atom is -0.506 e. The van der Waals surface area contributed by atoms with E-state index in [-0.39, 0.29) is 23.8 Å². The number of amides is 1. The SMILES string of the molecule is CC(OCCCCCCCC(N)c1ccc(O)c2c1CC(=O)N2)c1ccccc1. The number of unbranched alkanes of at least 4 members (excludes halogenated alkanes) is 4. The van der Waals surface area contributed by atoms with Crippen molar-refractivity contribution in [1.29, 1.82) is 0 Å². The lowest BCUT2D eigenvalue weighted by atomic mass is 9.94. The van der Waals surface area contributed by atoms with Crippen LogP contribution in [0.15, 0.2) is 42.5 Å². The van der Waals surface area contributed by atoms with Gasteiger partial charge in [-0.1, -0.05) is 62.1 Å². The molecule has 0 bridgehead atoms. The average molecular weight is 397 g/mol. The maximum atomic E-state index is 11.7. The van der Waals surface area contributed by atoms with Gasteiger partial charge in [0.1, 0.15) is 5.75 Å². The smallest absolute Gasteiger partial charge is 0.228 e. The predicted molar refractivity (Wildman–Crippen MR) is 116 cm³/mol. The number of carbonyl (C=O) groups excluding carboxylic acids is 1. The minimum absolute atomic E-state index is 0.0845. The fourth-order valence-corrected chi connectivity index (χ4v) is 3.91. The maximum absolute atomic E-state index is 11.7. The Kier molecular flexibility index (Phi) is 7.67. The van der Waals surface area contributed by atoms with E-state index >= 15 is 0 Å². The van der Waals surface area contributed by atoms with Crippen molar-refractivity contribution in [3.63, 3.8) is 0 Å². The Morgan fingerprint density at radius 3 is 2.59 bits per heavy atom. The number of aromatic hydroxyl groups is 1. The molecule has 0 aliphatic carbocycles. The van der Waals surface area contributed by atoms with Gasteiger partial charge in [0.15, 0.2) is 0 Å². The number of nitrogens with two attached hydrogens (primary N) is 1. The van der Waals surface area contributed by atoms with Crippen LogP contribution in [-0.2, 0) is 16.0 Å². The van der Waals surface area contributed by atoms with Gasteiger partial charge in [0.25, 0.3) is 0 Å². The maximum Gasteiger partial charge on any atom is 0.228 e. The number of carbonyl (C=O) groups is 1. The molecule has 1 aliphatic heterocycles. The monoisotopic (exact) mass is 396 g/mol. The second-order valence-corrected chi connectivity index (χ2v) is 7.84. The van der Waals surface area contributed by atoms with Crippen LogP contribution in [0.4, 0.5) is 5.69 Å². The molecule has 0 saturated carbocycles. The number of phenols is 1. The van der Waals surface area contributed by atoms with Crippen LogP contribution in [0.3, 0.4) is 0 Å². The molecule has 0 radical (unpaired) electrons. The molecule has 29 heavy (non-hydrogen) atoms. The lowest BCUT2D eigenvalue weighted by Crippen LogP contribution is -2.12. The Labute approximate surface area is 173 Å². The number of hydrogen-bond acceptors (Lipinski definition) is 4. The summed E-state index contributed by atoms with van der Waals surface area (Å²) in [6, 6.07) is 13.7. The molecule has 2 aromatic carbocycles. The van der Waals surface area contributed by atoms with Crippen molar-refractivity contribution in [2.24, 2.45) is 5.73 Å². The number of anilines is 1. The van der Waals surface area contributed by atoms with Gasteiger partial charge in [-0.25, -0.2) is 0 Å². The fourth-order valence-electron chi connectivity index (χ4n) is 3.91. The van der Waals surface area contributed by atoms with E-state index in [2.05, 4.69) is 24.4 Å². The summed E-state index contributed by atoms with van der Waals surface area (Å²) >= 11 is 0. The first-order chi connectivity index (χ1) is 14.1. The first-order valence-electron chi connectivity index (χ1n) is 10.6. The van der Waals surface area contributed by atoms with Gasteiger partial charge >= 0.3 is 0 Å². The summed E-state index contributed by atoms with van der Waals surface area (Å²) in [5.74, 6) is 0.0318. The van der Waals surface area contributed by atoms with Crippen molar-refractivity contribution >= 4 is 11.6 Å². The van der Waals surface area contributed by atoms with Crippen LogP contribution in [0.25, 0.3) is 0 Å². The summed E-state index contributed by atoms with van der Waals surface area (Å²) in [6.45, 7) is 2.89. The van der Waals surface area contributed by atoms with Crippen LogP contribution >= 0.6 is 0 Å². The van der Waals surface area contributed by atoms with Crippen LogP contribution in [0.2, 0.25) is 0 Å². The van der Waals surface area contributed by atoms with E-state index in [0.29, 0.717) is 12.1 Å². The van der Waals surface area contributed by atoms with Gasteiger partial charge in [-0.3, -0.25) is 4.79 Å². The summed E-state index contributed by atoms with van der Waals surface area (Å²) in [4.78, 5) is 11.7. The highest BCUT2D eigenvalue weighted by atomic mass is 16.5. The molecule has 2 aromatic rings. The van der Waals surface area contributed by atoms with Crippen LogP contribution in [0, 0.1) is 0 Å². The largest absolute Gasteiger partial charge is 0.506 e. The number of benzene rings is 2. The van der Waals surface area contributed by atoms with Gasteiger partial charge in [0.05, 0.1) is 18.2 Å². The molecule has 1 heterocycles. The highest BCUT2D eigenvalue weighted by Gasteiger charge is 2.25. The number of fused-ring (bicyclic) bond motifs is 1. The molecule has 5 nitrogen and oxygen atoms in total. The van der Waals surface area contributed by atoms with Crippen molar-refractivity contribution in [1.82, 2.24) is 0 Å². The minimum atomic E-state index is -0.105. The quantitative estimate of drug-likeness (QED) is 0.368. The fraction of sp³-hybridized carbons (Fsp3) is 0.458. The Morgan fingerprint density at radius 2 is 1.79 bits per heavy atom. The zero-order valence-corrected chi connectivity index (χ0v) is 17.2. The van der Waals surface area contributed by atoms with Crippen molar-refractivity contribution in [3.05, 3.63) is 59.2 Å². The van der Waals surface area contributed by atoms with Crippen molar-refractivity contribution in [2.45, 2.75) is 64.0 Å². The summed E-state index contributed by atoms with van der Waals surface area (Å²) in [5.41, 5.74) is 9.96. The summed E-state index contributed by atoms with van der Waals surface area (Å²) in [7, 11) is 0. The standard InChI is InChI=1S/C24H32N2O3/c1-17(18-10-6-5-7-11-18)29-15-9-4-2-3-8-12-21(25)19-13-14-22(27)24-20(19)16-23(28)26-24/h5-7,10-11,13-14,17,21,27H,2-4,8-9,12,15-16,25H2,1H3,(H,26,28). The van der Waals surface area contributed by atoms with Crippen molar-refractivity contribution < 1.29 is 14.6 Å². The first kappa shape index (κ1) is 21.3. The third-order valence-electron chi connectivity index (χ3n) is 5.62. The molecule has 1 amide bonds. The molecular formula is C24H32N2O3. The summed E-state index contributed by atoms with van der Waals surface area (Å²) < 4.78 is 5.92. The molecule has 1 aliphatic rings. The average Bonchev–Trinajstić information content (AvgIpc) is 3.12. The van der Waals surface area contributed by atoms with E-state index in [1.807, 2.05) is 24.3 Å². The Hall–Kier alpha value is -2.37. The zero-order valence-electron chi connectivity index (χ0n) is 17.2. The van der Waals surface area contributed by atoms with Gasteiger partial charge in [-0.05, 0) is 42.5 Å². The molecule has 156 valence electrons. The normalized spacial score (nSPS) is 15.0. The predicted octanol–water partition coefficient (Wildman–Crippen LogP) is 5.01. The van der Waals surface area contributed by atoms with E-state index in [4.69, 9.17) is 10.5 Å². The van der Waals surface area contributed by atoms with Gasteiger partial charge < -0.3 is 20.9 Å². The molecular weight excluding hydrogens is 364 g/mol. The Morgan fingerprint density at radius 1 is 1.07 bits per heavy atom. The van der Waals surface area contributed by atoms with E-state index in [1.54, 1.807) is 6.07 Å². The van der Waals surface area contributed by atoms with Crippen molar-refractivity contribution in [3.8, 4) is 5.75 Å². The lowest BCUT2D eigenvalue weighted by Gasteiger charge is -2.16. The number of ether oxygens (including phenoxy) is 1. The third-order valence-corrected chi connectivity index (χ3v) is 5.62. The third kappa shape index (κ3) is 5.81. The summed E-state index contributed by atoms with van der Waals surface area (Å²) in [6.07, 6.45) is 6.91. The molecule has 2 atom stereocenters. The van der Waals surface area contributed by atoms with Gasteiger partial charge in [0.2, 0.25) is 5.91 Å². The molecule has 2 unspecified atom stereocenters. The second-order valence-electron chi connectivity index (χ2n) is 7.84. The molecule has 0 saturated heterocycles. The van der Waals surface area contributed by atoms with Gasteiger partial charge in [0, 0.05) is 12.6 Å². The highest BCUT2D eigenvalue weighted by Crippen LogP contribution is 2.37. The van der Waals surface area contributed by atoms with E-state index in [9.17, 15) is 9.90 Å². The van der Waals surface area contributed by atoms with Crippen LogP contribution in [0.1, 0.15) is 74.3 Å². The van der Waals surface area contributed by atoms with E-state index in [0.717, 1.165) is 49.8 Å². The van der Waals surface area contributed by atoms with Crippen molar-refractivity contribution in [2.75, 3.05) is 11.9 Å². The topological polar surface area (TPSA) is 84.6 Å². The van der Waals surface area contributed by atoms with Crippen LogP contribution in [0.5, 0.6) is 5.75 Å². The van der Waals surface area contributed by atoms with Crippen LogP contribution in [-0.4, -0.2) is 17.6 Å². The Bertz CT molecular complexity index is 807. The molecule has 4 N–H and O–H groups in total. The first-order valence-corrected chi connectivity index (χ1v) is 10.6. The highest BCUT2D eigenvalue weighted by molar-refractivity contribution is 6.01. The number of nitrogens with one attached hydrogen (secondary N) is 1. The molecule has 0 aromatic heterocycles. The number of rotatable bonds is 11. The lowest BCUT2D eigenvalue weighted by molar-refractivity contribution is -0.115. The van der Waals surface area contributed by atoms with Crippen LogP contribution < -0.4 is 11.1 Å². The van der Waals surface area contributed by atoms with E-state index < -0.39 is 0 Å². The van der Waals surface area contributed by atoms with E-state index in [1.165, 1.54) is 12.0 Å². The van der Waals surface area contributed by atoms with Gasteiger partial charge in [-0.15, -0.1) is 0 Å². The van der Waals surface area contributed by atoms with Gasteiger partial charge in [-0.2, -0.15) is 0 Å². The second kappa shape index (κ2) is 10.4. The number of phenolic OH excluding ortho intramolecular Hbond substituents is 1. The molecule has 0 fully saturated rings. The Balaban J connectivity index is 1.30. The molecule has 3 rings (SSSR count). The molecule has 0 spiro atoms. The number of hydrogen-bond donors (Lipinski definition) is 3. The summed E-state index contributed by atoms with van der Waals surface area (Å²) in [5, 5.41) is 12.6. The zero-order chi connectivity index (χ0) is 20.6. The molecule has 5 heteroatoms.